The first-order valence-electron chi connectivity index (χ1n) is 10.7. The van der Waals surface area contributed by atoms with Crippen molar-refractivity contribution in [3.63, 3.8) is 0 Å². The van der Waals surface area contributed by atoms with Gasteiger partial charge in [0.15, 0.2) is 0 Å². The van der Waals surface area contributed by atoms with Gasteiger partial charge in [-0.05, 0) is 69.0 Å². The topological polar surface area (TPSA) is 46.6 Å². The number of carbonyl (C=O) groups is 2. The van der Waals surface area contributed by atoms with E-state index in [0.29, 0.717) is 29.3 Å². The van der Waals surface area contributed by atoms with E-state index in [1.165, 1.54) is 0 Å². The average molecular weight is 462 g/mol. The van der Waals surface area contributed by atoms with Crippen molar-refractivity contribution in [2.75, 3.05) is 0 Å². The summed E-state index contributed by atoms with van der Waals surface area (Å²) in [6.45, 7) is 7.41. The van der Waals surface area contributed by atoms with Gasteiger partial charge in [-0.25, -0.2) is 4.79 Å². The maximum Gasteiger partial charge on any atom is 0.329 e. The summed E-state index contributed by atoms with van der Waals surface area (Å²) in [6, 6.07) is 14.2. The quantitative estimate of drug-likeness (QED) is 0.473. The molecule has 1 aliphatic rings. The van der Waals surface area contributed by atoms with E-state index in [1.807, 2.05) is 76.2 Å². The van der Waals surface area contributed by atoms with E-state index in [-0.39, 0.29) is 23.8 Å². The molecule has 0 bridgehead atoms. The Bertz CT molecular complexity index is 937. The van der Waals surface area contributed by atoms with Crippen LogP contribution in [0, 0.1) is 0 Å². The summed E-state index contributed by atoms with van der Waals surface area (Å²) < 4.78 is 5.68. The fourth-order valence-electron chi connectivity index (χ4n) is 4.27. The summed E-state index contributed by atoms with van der Waals surface area (Å²) in [4.78, 5) is 28.1. The van der Waals surface area contributed by atoms with Gasteiger partial charge in [-0.2, -0.15) is 0 Å². The highest BCUT2D eigenvalue weighted by atomic mass is 35.5. The molecule has 1 fully saturated rings. The van der Waals surface area contributed by atoms with Crippen LogP contribution >= 0.6 is 23.2 Å². The second kappa shape index (κ2) is 9.62. The number of rotatable bonds is 5. The Morgan fingerprint density at radius 3 is 2.35 bits per heavy atom. The molecule has 3 atom stereocenters. The SMILES string of the molecule is CC[C@@H](C(=O)OC(C)(C)C)N1C(=O)CC[C@H](c2cccc(Cl)c2)[C@H]1c1ccc(Cl)cc1. The smallest absolute Gasteiger partial charge is 0.329 e. The van der Waals surface area contributed by atoms with Gasteiger partial charge in [0, 0.05) is 22.4 Å². The second-order valence-corrected chi connectivity index (χ2v) is 9.83. The van der Waals surface area contributed by atoms with Crippen LogP contribution in [0.1, 0.15) is 70.0 Å². The summed E-state index contributed by atoms with van der Waals surface area (Å²) in [5.74, 6) is -0.431. The average Bonchev–Trinajstić information content (AvgIpc) is 2.69. The van der Waals surface area contributed by atoms with Crippen molar-refractivity contribution in [1.82, 2.24) is 4.90 Å². The maximum absolute atomic E-state index is 13.2. The number of likely N-dealkylation sites (tertiary alicyclic amines) is 1. The van der Waals surface area contributed by atoms with Crippen LogP contribution < -0.4 is 0 Å². The fraction of sp³-hybridized carbons (Fsp3) is 0.440. The summed E-state index contributed by atoms with van der Waals surface area (Å²) in [5.41, 5.74) is 1.35. The molecule has 4 nitrogen and oxygen atoms in total. The third-order valence-electron chi connectivity index (χ3n) is 5.53. The third kappa shape index (κ3) is 5.61. The Balaban J connectivity index is 2.09. The number of carbonyl (C=O) groups excluding carboxylic acids is 2. The highest BCUT2D eigenvalue weighted by Crippen LogP contribution is 2.45. The van der Waals surface area contributed by atoms with Gasteiger partial charge in [0.05, 0.1) is 6.04 Å². The number of nitrogens with zero attached hydrogens (tertiary/aromatic N) is 1. The Hall–Kier alpha value is -2.04. The third-order valence-corrected chi connectivity index (χ3v) is 6.01. The lowest BCUT2D eigenvalue weighted by Crippen LogP contribution is -2.52. The van der Waals surface area contributed by atoms with Gasteiger partial charge in [0.2, 0.25) is 5.91 Å². The van der Waals surface area contributed by atoms with E-state index in [2.05, 4.69) is 0 Å². The van der Waals surface area contributed by atoms with E-state index >= 15 is 0 Å². The van der Waals surface area contributed by atoms with Gasteiger partial charge in [-0.3, -0.25) is 4.79 Å². The maximum atomic E-state index is 13.2. The molecule has 0 radical (unpaired) electrons. The molecule has 0 saturated carbocycles. The molecule has 0 aliphatic carbocycles. The summed E-state index contributed by atoms with van der Waals surface area (Å²) >= 11 is 12.4. The van der Waals surface area contributed by atoms with Crippen molar-refractivity contribution in [2.45, 2.75) is 70.6 Å². The normalized spacial score (nSPS) is 20.5. The van der Waals surface area contributed by atoms with Gasteiger partial charge in [0.1, 0.15) is 11.6 Å². The Morgan fingerprint density at radius 2 is 1.77 bits per heavy atom. The molecule has 0 unspecified atom stereocenters. The number of halogens is 2. The van der Waals surface area contributed by atoms with Crippen molar-refractivity contribution in [3.8, 4) is 0 Å². The highest BCUT2D eigenvalue weighted by molar-refractivity contribution is 6.30. The van der Waals surface area contributed by atoms with Crippen LogP contribution in [0.3, 0.4) is 0 Å². The molecular weight excluding hydrogens is 433 g/mol. The summed E-state index contributed by atoms with van der Waals surface area (Å²) in [7, 11) is 0. The molecule has 1 saturated heterocycles. The van der Waals surface area contributed by atoms with Crippen LogP contribution in [0.4, 0.5) is 0 Å². The van der Waals surface area contributed by atoms with Crippen LogP contribution in [0.5, 0.6) is 0 Å². The van der Waals surface area contributed by atoms with Gasteiger partial charge in [-0.1, -0.05) is 54.4 Å². The lowest BCUT2D eigenvalue weighted by Gasteiger charge is -2.45. The number of benzene rings is 2. The van der Waals surface area contributed by atoms with Crippen LogP contribution in [0.15, 0.2) is 48.5 Å². The number of esters is 1. The summed E-state index contributed by atoms with van der Waals surface area (Å²) in [6.07, 6.45) is 1.50. The van der Waals surface area contributed by atoms with Gasteiger partial charge in [0.25, 0.3) is 0 Å². The van der Waals surface area contributed by atoms with E-state index in [0.717, 1.165) is 11.1 Å². The lowest BCUT2D eigenvalue weighted by molar-refractivity contribution is -0.168. The van der Waals surface area contributed by atoms with Gasteiger partial charge in [-0.15, -0.1) is 0 Å². The van der Waals surface area contributed by atoms with Crippen LogP contribution in [0.25, 0.3) is 0 Å². The molecule has 2 aromatic carbocycles. The zero-order valence-corrected chi connectivity index (χ0v) is 19.9. The zero-order chi connectivity index (χ0) is 22.8. The number of hydrogen-bond donors (Lipinski definition) is 0. The van der Waals surface area contributed by atoms with Gasteiger partial charge < -0.3 is 9.64 Å². The summed E-state index contributed by atoms with van der Waals surface area (Å²) in [5, 5.41) is 1.27. The van der Waals surface area contributed by atoms with E-state index < -0.39 is 11.6 Å². The molecule has 3 rings (SSSR count). The predicted octanol–water partition coefficient (Wildman–Crippen LogP) is 6.56. The standard InChI is InChI=1S/C25H29Cl2NO3/c1-5-21(24(30)31-25(2,3)4)28-22(29)14-13-20(17-7-6-8-19(27)15-17)23(28)16-9-11-18(26)12-10-16/h6-12,15,20-21,23H,5,13-14H2,1-4H3/t20-,21+,23-/m1/s1. The number of amides is 1. The first kappa shape index (κ1) is 23.6. The highest BCUT2D eigenvalue weighted by Gasteiger charge is 2.44. The molecule has 1 aliphatic heterocycles. The van der Waals surface area contributed by atoms with Crippen LogP contribution in [-0.2, 0) is 14.3 Å². The largest absolute Gasteiger partial charge is 0.458 e. The first-order valence-corrected chi connectivity index (χ1v) is 11.4. The van der Waals surface area contributed by atoms with Crippen molar-refractivity contribution < 1.29 is 14.3 Å². The van der Waals surface area contributed by atoms with Gasteiger partial charge >= 0.3 is 5.97 Å². The molecule has 2 aromatic rings. The fourth-order valence-corrected chi connectivity index (χ4v) is 4.59. The predicted molar refractivity (Wildman–Crippen MR) is 124 cm³/mol. The second-order valence-electron chi connectivity index (χ2n) is 8.96. The van der Waals surface area contributed by atoms with E-state index in [4.69, 9.17) is 27.9 Å². The number of ether oxygens (including phenoxy) is 1. The Labute approximate surface area is 194 Å². The van der Waals surface area contributed by atoms with Crippen molar-refractivity contribution in [3.05, 3.63) is 69.7 Å². The molecule has 166 valence electrons. The minimum atomic E-state index is -0.672. The van der Waals surface area contributed by atoms with E-state index in [9.17, 15) is 9.59 Å². The minimum Gasteiger partial charge on any atom is -0.458 e. The lowest BCUT2D eigenvalue weighted by atomic mass is 9.79. The van der Waals surface area contributed by atoms with Crippen molar-refractivity contribution in [2.24, 2.45) is 0 Å². The zero-order valence-electron chi connectivity index (χ0n) is 18.4. The minimum absolute atomic E-state index is 0.00550. The molecule has 1 heterocycles. The van der Waals surface area contributed by atoms with Crippen LogP contribution in [-0.4, -0.2) is 28.4 Å². The Morgan fingerprint density at radius 1 is 1.10 bits per heavy atom. The molecule has 31 heavy (non-hydrogen) atoms. The molecule has 6 heteroatoms. The van der Waals surface area contributed by atoms with Crippen LogP contribution in [0.2, 0.25) is 10.0 Å². The molecule has 0 aromatic heterocycles. The molecule has 0 spiro atoms. The molecule has 1 amide bonds. The molecule has 0 N–H and O–H groups in total. The first-order chi connectivity index (χ1) is 14.6. The molecular formula is C25H29Cl2NO3. The number of piperidine rings is 1. The van der Waals surface area contributed by atoms with E-state index in [1.54, 1.807) is 4.90 Å². The number of hydrogen-bond acceptors (Lipinski definition) is 3. The Kier molecular flexibility index (Phi) is 7.33. The van der Waals surface area contributed by atoms with Crippen molar-refractivity contribution in [1.29, 1.82) is 0 Å². The van der Waals surface area contributed by atoms with Crippen molar-refractivity contribution >= 4 is 35.1 Å². The monoisotopic (exact) mass is 461 g/mol.